The number of hydrogen-bond donors (Lipinski definition) is 1. The van der Waals surface area contributed by atoms with Crippen LogP contribution < -0.4 is 5.43 Å². The highest BCUT2D eigenvalue weighted by atomic mass is 35.5. The lowest BCUT2D eigenvalue weighted by Crippen LogP contribution is -2.45. The molecule has 0 aromatic heterocycles. The van der Waals surface area contributed by atoms with Crippen LogP contribution in [-0.2, 0) is 0 Å². The molecule has 0 aromatic rings. The second kappa shape index (κ2) is 5.63. The maximum atomic E-state index is 3.03. The van der Waals surface area contributed by atoms with Gasteiger partial charge in [-0.1, -0.05) is 0 Å². The summed E-state index contributed by atoms with van der Waals surface area (Å²) in [7, 11) is 1.96. The third-order valence-electron chi connectivity index (χ3n) is 1.17. The predicted molar refractivity (Wildman–Crippen MR) is 39.7 cm³/mol. The van der Waals surface area contributed by atoms with Crippen molar-refractivity contribution in [1.82, 2.24) is 10.4 Å². The quantitative estimate of drug-likeness (QED) is 0.604. The Bertz CT molecular complexity index is 44.5. The van der Waals surface area contributed by atoms with E-state index in [4.69, 9.17) is 0 Å². The zero-order valence-corrected chi connectivity index (χ0v) is 6.52. The van der Waals surface area contributed by atoms with Gasteiger partial charge in [0.2, 0.25) is 0 Å². The average molecular weight is 159 g/mol. The van der Waals surface area contributed by atoms with Crippen molar-refractivity contribution < 1.29 is 0 Å². The summed E-state index contributed by atoms with van der Waals surface area (Å²) in [5.74, 6) is 0. The Hall–Kier alpha value is 0.500. The molecule has 1 heterocycles. The molecule has 0 saturated carbocycles. The maximum Gasteiger partial charge on any atom is 0.0143 e. The van der Waals surface area contributed by atoms with Gasteiger partial charge in [-0.3, -0.25) is 5.43 Å². The van der Waals surface area contributed by atoms with E-state index in [-0.39, 0.29) is 24.8 Å². The van der Waals surface area contributed by atoms with Gasteiger partial charge >= 0.3 is 0 Å². The Balaban J connectivity index is 0. The average Bonchev–Trinajstić information content (AvgIpc) is 1.31. The third-order valence-corrected chi connectivity index (χ3v) is 1.17. The lowest BCUT2D eigenvalue weighted by molar-refractivity contribution is 0.124. The summed E-state index contributed by atoms with van der Waals surface area (Å²) < 4.78 is 0. The molecule has 52 valence electrons. The summed E-state index contributed by atoms with van der Waals surface area (Å²) >= 11 is 0. The molecule has 0 aliphatic carbocycles. The fourth-order valence-corrected chi connectivity index (χ4v) is 0.540. The van der Waals surface area contributed by atoms with Crippen LogP contribution in [0.5, 0.6) is 0 Å². The van der Waals surface area contributed by atoms with Crippen LogP contribution in [0, 0.1) is 0 Å². The molecule has 0 spiro atoms. The minimum Gasteiger partial charge on any atom is -0.258 e. The van der Waals surface area contributed by atoms with Crippen molar-refractivity contribution in [2.24, 2.45) is 0 Å². The van der Waals surface area contributed by atoms with Gasteiger partial charge in [-0.15, -0.1) is 24.8 Å². The number of nitrogens with one attached hydrogen (secondary N) is 1. The molecule has 0 bridgehead atoms. The van der Waals surface area contributed by atoms with Gasteiger partial charge < -0.3 is 0 Å². The smallest absolute Gasteiger partial charge is 0.0143 e. The monoisotopic (exact) mass is 158 g/mol. The molecule has 0 amide bonds. The molecular weight excluding hydrogens is 147 g/mol. The van der Waals surface area contributed by atoms with E-state index in [0.29, 0.717) is 0 Å². The first-order valence-corrected chi connectivity index (χ1v) is 2.36. The third kappa shape index (κ3) is 2.72. The molecule has 1 fully saturated rings. The number of nitrogens with zero attached hydrogens (tertiary/aromatic N) is 1. The Labute approximate surface area is 62.4 Å². The minimum atomic E-state index is 0. The van der Waals surface area contributed by atoms with Crippen molar-refractivity contribution in [2.75, 3.05) is 20.1 Å². The lowest BCUT2D eigenvalue weighted by Gasteiger charge is -2.28. The molecule has 1 N–H and O–H groups in total. The van der Waals surface area contributed by atoms with E-state index in [1.165, 1.54) is 19.5 Å². The standard InChI is InChI=1S/C4H10N2.2ClH/c1-5-6-3-2-4-6;;/h5H,2-4H2,1H3;2*1H. The predicted octanol–water partition coefficient (Wildman–Crippen LogP) is 0.670. The van der Waals surface area contributed by atoms with Crippen LogP contribution in [-0.4, -0.2) is 25.1 Å². The van der Waals surface area contributed by atoms with Gasteiger partial charge in [0.15, 0.2) is 0 Å². The molecule has 1 rings (SSSR count). The van der Waals surface area contributed by atoms with Gasteiger partial charge in [0.25, 0.3) is 0 Å². The van der Waals surface area contributed by atoms with E-state index in [9.17, 15) is 0 Å². The van der Waals surface area contributed by atoms with Crippen LogP contribution in [0.15, 0.2) is 0 Å². The lowest BCUT2D eigenvalue weighted by atomic mass is 10.3. The normalized spacial score (nSPS) is 17.6. The van der Waals surface area contributed by atoms with E-state index in [0.717, 1.165) is 0 Å². The first kappa shape index (κ1) is 11.3. The second-order valence-electron chi connectivity index (χ2n) is 1.56. The van der Waals surface area contributed by atoms with Crippen molar-refractivity contribution in [3.8, 4) is 0 Å². The van der Waals surface area contributed by atoms with E-state index in [1.54, 1.807) is 0 Å². The number of rotatable bonds is 1. The molecule has 1 aliphatic rings. The molecule has 8 heavy (non-hydrogen) atoms. The Morgan fingerprint density at radius 3 is 1.75 bits per heavy atom. The van der Waals surface area contributed by atoms with Gasteiger partial charge in [0, 0.05) is 13.1 Å². The first-order chi connectivity index (χ1) is 2.93. The molecule has 2 nitrogen and oxygen atoms in total. The molecule has 0 aromatic carbocycles. The van der Waals surface area contributed by atoms with Gasteiger partial charge in [0.05, 0.1) is 0 Å². The molecular formula is C4H12Cl2N2. The molecule has 1 aliphatic heterocycles. The van der Waals surface area contributed by atoms with Gasteiger partial charge in [-0.2, -0.15) is 0 Å². The summed E-state index contributed by atoms with van der Waals surface area (Å²) in [6.07, 6.45) is 1.36. The SMILES string of the molecule is CNN1CCC1.Cl.Cl. The highest BCUT2D eigenvalue weighted by Gasteiger charge is 2.08. The van der Waals surface area contributed by atoms with Crippen molar-refractivity contribution >= 4 is 24.8 Å². The van der Waals surface area contributed by atoms with Crippen LogP contribution in [0.25, 0.3) is 0 Å². The van der Waals surface area contributed by atoms with Crippen molar-refractivity contribution in [3.63, 3.8) is 0 Å². The summed E-state index contributed by atoms with van der Waals surface area (Å²) in [5, 5.41) is 2.18. The van der Waals surface area contributed by atoms with E-state index < -0.39 is 0 Å². The van der Waals surface area contributed by atoms with Gasteiger partial charge in [-0.25, -0.2) is 5.01 Å². The number of hydrazine groups is 1. The fraction of sp³-hybridized carbons (Fsp3) is 1.00. The van der Waals surface area contributed by atoms with E-state index in [2.05, 4.69) is 10.4 Å². The van der Waals surface area contributed by atoms with Crippen LogP contribution >= 0.6 is 24.8 Å². The summed E-state index contributed by atoms with van der Waals surface area (Å²) in [5.41, 5.74) is 3.03. The minimum absolute atomic E-state index is 0. The molecule has 4 heteroatoms. The number of halogens is 2. The molecule has 1 saturated heterocycles. The van der Waals surface area contributed by atoms with Crippen LogP contribution in [0.1, 0.15) is 6.42 Å². The van der Waals surface area contributed by atoms with Gasteiger partial charge in [0.1, 0.15) is 0 Å². The van der Waals surface area contributed by atoms with Crippen LogP contribution in [0.3, 0.4) is 0 Å². The summed E-state index contributed by atoms with van der Waals surface area (Å²) in [6, 6.07) is 0. The largest absolute Gasteiger partial charge is 0.258 e. The Morgan fingerprint density at radius 1 is 1.25 bits per heavy atom. The second-order valence-corrected chi connectivity index (χ2v) is 1.56. The van der Waals surface area contributed by atoms with E-state index >= 15 is 0 Å². The molecule has 0 unspecified atom stereocenters. The van der Waals surface area contributed by atoms with Crippen LogP contribution in [0.2, 0.25) is 0 Å². The topological polar surface area (TPSA) is 15.3 Å². The van der Waals surface area contributed by atoms with Crippen molar-refractivity contribution in [3.05, 3.63) is 0 Å². The van der Waals surface area contributed by atoms with Crippen LogP contribution in [0.4, 0.5) is 0 Å². The Morgan fingerprint density at radius 2 is 1.75 bits per heavy atom. The first-order valence-electron chi connectivity index (χ1n) is 2.36. The molecule has 0 radical (unpaired) electrons. The maximum absolute atomic E-state index is 3.03. The van der Waals surface area contributed by atoms with Crippen molar-refractivity contribution in [2.45, 2.75) is 6.42 Å². The Kier molecular flexibility index (Phi) is 7.97. The molecule has 0 atom stereocenters. The fourth-order valence-electron chi connectivity index (χ4n) is 0.540. The highest BCUT2D eigenvalue weighted by molar-refractivity contribution is 5.85. The highest BCUT2D eigenvalue weighted by Crippen LogP contribution is 1.98. The number of hydrogen-bond acceptors (Lipinski definition) is 2. The zero-order chi connectivity index (χ0) is 4.41. The summed E-state index contributed by atoms with van der Waals surface area (Å²) in [6.45, 7) is 2.47. The van der Waals surface area contributed by atoms with E-state index in [1.807, 2.05) is 7.05 Å². The van der Waals surface area contributed by atoms with Crippen molar-refractivity contribution in [1.29, 1.82) is 0 Å². The zero-order valence-electron chi connectivity index (χ0n) is 4.89. The summed E-state index contributed by atoms with van der Waals surface area (Å²) in [4.78, 5) is 0. The van der Waals surface area contributed by atoms with Gasteiger partial charge in [-0.05, 0) is 13.5 Å².